The molecule has 0 saturated carbocycles. The predicted octanol–water partition coefficient (Wildman–Crippen LogP) is 1.43. The molecular weight excluding hydrogens is 422 g/mol. The molecule has 1 N–H and O–H groups in total. The summed E-state index contributed by atoms with van der Waals surface area (Å²) in [4.78, 5) is 24.8. The number of sulfonamides is 1. The minimum Gasteiger partial charge on any atom is -0.454 e. The lowest BCUT2D eigenvalue weighted by Crippen LogP contribution is -2.43. The van der Waals surface area contributed by atoms with E-state index in [0.29, 0.717) is 24.9 Å². The lowest BCUT2D eigenvalue weighted by molar-refractivity contribution is -0.150. The quantitative estimate of drug-likeness (QED) is 0.607. The van der Waals surface area contributed by atoms with Crippen LogP contribution in [-0.4, -0.2) is 59.3 Å². The third-order valence-electron chi connectivity index (χ3n) is 4.79. The van der Waals surface area contributed by atoms with Crippen LogP contribution in [0.1, 0.15) is 31.7 Å². The van der Waals surface area contributed by atoms with Gasteiger partial charge in [0, 0.05) is 6.54 Å². The molecule has 0 aliphatic carbocycles. The fraction of sp³-hybridized carbons (Fsp3) is 0.400. The number of ether oxygens (including phenoxy) is 1. The molecule has 164 valence electrons. The fourth-order valence-electron chi connectivity index (χ4n) is 3.40. The van der Waals surface area contributed by atoms with Crippen molar-refractivity contribution >= 4 is 27.7 Å². The van der Waals surface area contributed by atoms with E-state index in [-0.39, 0.29) is 23.7 Å². The van der Waals surface area contributed by atoms with Gasteiger partial charge in [0.2, 0.25) is 10.0 Å². The zero-order valence-corrected chi connectivity index (χ0v) is 17.8. The van der Waals surface area contributed by atoms with E-state index < -0.39 is 34.5 Å². The summed E-state index contributed by atoms with van der Waals surface area (Å²) >= 11 is 0. The number of aromatic nitrogens is 2. The molecule has 1 unspecified atom stereocenters. The smallest absolute Gasteiger partial charge is 0.324 e. The Balaban J connectivity index is 1.65. The molecule has 2 aromatic rings. The molecule has 1 saturated heterocycles. The van der Waals surface area contributed by atoms with E-state index in [1.54, 1.807) is 31.2 Å². The normalized spacial score (nSPS) is 16.6. The van der Waals surface area contributed by atoms with Crippen LogP contribution < -0.4 is 5.32 Å². The zero-order chi connectivity index (χ0) is 22.4. The molecule has 31 heavy (non-hydrogen) atoms. The van der Waals surface area contributed by atoms with Crippen molar-refractivity contribution in [1.82, 2.24) is 14.1 Å². The van der Waals surface area contributed by atoms with E-state index in [4.69, 9.17) is 4.74 Å². The van der Waals surface area contributed by atoms with Crippen molar-refractivity contribution in [2.45, 2.75) is 32.2 Å². The second-order valence-electron chi connectivity index (χ2n) is 7.01. The maximum atomic E-state index is 12.4. The van der Waals surface area contributed by atoms with Crippen molar-refractivity contribution in [3.8, 4) is 11.8 Å². The molecule has 1 aromatic carbocycles. The van der Waals surface area contributed by atoms with E-state index in [1.165, 1.54) is 10.9 Å². The molecule has 0 bridgehead atoms. The maximum absolute atomic E-state index is 12.4. The Morgan fingerprint density at radius 1 is 1.32 bits per heavy atom. The third-order valence-corrected chi connectivity index (χ3v) is 6.86. The number of esters is 1. The number of para-hydroxylation sites is 1. The van der Waals surface area contributed by atoms with Crippen LogP contribution in [0.4, 0.5) is 5.82 Å². The van der Waals surface area contributed by atoms with Gasteiger partial charge in [0.1, 0.15) is 17.7 Å². The summed E-state index contributed by atoms with van der Waals surface area (Å²) in [5, 5.41) is 16.0. The summed E-state index contributed by atoms with van der Waals surface area (Å²) in [5.41, 5.74) is 0.787. The Hall–Kier alpha value is -3.23. The van der Waals surface area contributed by atoms with E-state index >= 15 is 0 Å². The fourth-order valence-corrected chi connectivity index (χ4v) is 5.14. The summed E-state index contributed by atoms with van der Waals surface area (Å²) in [7, 11) is -3.54. The number of anilines is 1. The van der Waals surface area contributed by atoms with Crippen LogP contribution in [0.15, 0.2) is 36.5 Å². The van der Waals surface area contributed by atoms with Crippen LogP contribution in [-0.2, 0) is 24.3 Å². The van der Waals surface area contributed by atoms with Crippen molar-refractivity contribution in [1.29, 1.82) is 5.26 Å². The van der Waals surface area contributed by atoms with Gasteiger partial charge in [0.05, 0.1) is 17.6 Å². The molecule has 10 nitrogen and oxygen atoms in total. The van der Waals surface area contributed by atoms with Gasteiger partial charge in [-0.05, 0) is 31.4 Å². The van der Waals surface area contributed by atoms with E-state index in [0.717, 1.165) is 4.31 Å². The highest BCUT2D eigenvalue weighted by Gasteiger charge is 2.39. The number of hydrogen-bond acceptors (Lipinski definition) is 7. The number of carbonyl (C=O) groups is 2. The highest BCUT2D eigenvalue weighted by atomic mass is 32.2. The molecule has 11 heteroatoms. The van der Waals surface area contributed by atoms with Gasteiger partial charge in [-0.1, -0.05) is 25.1 Å². The first-order chi connectivity index (χ1) is 14.9. The Morgan fingerprint density at radius 3 is 2.74 bits per heavy atom. The SMILES string of the molecule is CCCS(=O)(=O)N1CCCC1C(=O)OCC(=O)Nc1c(C#N)cnn1-c1ccccc1. The first-order valence-corrected chi connectivity index (χ1v) is 11.5. The van der Waals surface area contributed by atoms with Gasteiger partial charge in [-0.2, -0.15) is 14.7 Å². The second-order valence-corrected chi connectivity index (χ2v) is 9.05. The molecule has 1 aliphatic rings. The second kappa shape index (κ2) is 9.72. The van der Waals surface area contributed by atoms with Crippen molar-refractivity contribution in [3.63, 3.8) is 0 Å². The largest absolute Gasteiger partial charge is 0.454 e. The highest BCUT2D eigenvalue weighted by Crippen LogP contribution is 2.23. The Bertz CT molecular complexity index is 1090. The molecule has 1 fully saturated rings. The molecule has 1 atom stereocenters. The molecule has 1 amide bonds. The van der Waals surface area contributed by atoms with Gasteiger partial charge >= 0.3 is 5.97 Å². The van der Waals surface area contributed by atoms with Gasteiger partial charge in [-0.3, -0.25) is 9.59 Å². The number of amides is 1. The van der Waals surface area contributed by atoms with Crippen LogP contribution in [0.3, 0.4) is 0 Å². The summed E-state index contributed by atoms with van der Waals surface area (Å²) in [6, 6.07) is 9.95. The first-order valence-electron chi connectivity index (χ1n) is 9.87. The van der Waals surface area contributed by atoms with Crippen LogP contribution in [0.2, 0.25) is 0 Å². The molecule has 1 aromatic heterocycles. The van der Waals surface area contributed by atoms with Crippen LogP contribution in [0.5, 0.6) is 0 Å². The minimum atomic E-state index is -3.54. The molecule has 2 heterocycles. The molecule has 1 aliphatic heterocycles. The Labute approximate surface area is 180 Å². The zero-order valence-electron chi connectivity index (χ0n) is 17.0. The van der Waals surface area contributed by atoms with E-state index in [1.807, 2.05) is 12.1 Å². The molecule has 0 spiro atoms. The van der Waals surface area contributed by atoms with Gasteiger partial charge < -0.3 is 10.1 Å². The number of nitrogens with one attached hydrogen (secondary N) is 1. The summed E-state index contributed by atoms with van der Waals surface area (Å²) in [6.07, 6.45) is 2.67. The topological polar surface area (TPSA) is 134 Å². The summed E-state index contributed by atoms with van der Waals surface area (Å²) < 4.78 is 32.3. The average Bonchev–Trinajstić information content (AvgIpc) is 3.40. The van der Waals surface area contributed by atoms with Gasteiger partial charge in [-0.15, -0.1) is 0 Å². The number of hydrogen-bond donors (Lipinski definition) is 1. The van der Waals surface area contributed by atoms with Crippen molar-refractivity contribution in [2.24, 2.45) is 0 Å². The number of benzene rings is 1. The van der Waals surface area contributed by atoms with Crippen LogP contribution >= 0.6 is 0 Å². The van der Waals surface area contributed by atoms with Crippen molar-refractivity contribution in [3.05, 3.63) is 42.1 Å². The molecule has 0 radical (unpaired) electrons. The number of carbonyl (C=O) groups excluding carboxylic acids is 2. The van der Waals surface area contributed by atoms with Crippen molar-refractivity contribution in [2.75, 3.05) is 24.2 Å². The third kappa shape index (κ3) is 5.10. The van der Waals surface area contributed by atoms with Gasteiger partial charge in [-0.25, -0.2) is 13.1 Å². The lowest BCUT2D eigenvalue weighted by Gasteiger charge is -2.22. The van der Waals surface area contributed by atoms with E-state index in [9.17, 15) is 23.3 Å². The predicted molar refractivity (Wildman–Crippen MR) is 112 cm³/mol. The maximum Gasteiger partial charge on any atom is 0.324 e. The Morgan fingerprint density at radius 2 is 2.06 bits per heavy atom. The Kier molecular flexibility index (Phi) is 7.04. The van der Waals surface area contributed by atoms with E-state index in [2.05, 4.69) is 10.4 Å². The monoisotopic (exact) mass is 445 g/mol. The average molecular weight is 446 g/mol. The standard InChI is InChI=1S/C20H23N5O5S/c1-2-11-31(28,29)24-10-6-9-17(24)20(27)30-14-18(26)23-19-15(12-21)13-22-25(19)16-7-4-3-5-8-16/h3-5,7-8,13,17H,2,6,9-11,14H2,1H3,(H,23,26). The lowest BCUT2D eigenvalue weighted by atomic mass is 10.2. The molecular formula is C20H23N5O5S. The highest BCUT2D eigenvalue weighted by molar-refractivity contribution is 7.89. The summed E-state index contributed by atoms with van der Waals surface area (Å²) in [6.45, 7) is 1.40. The number of nitriles is 1. The van der Waals surface area contributed by atoms with Crippen LogP contribution in [0, 0.1) is 11.3 Å². The minimum absolute atomic E-state index is 0.0440. The first kappa shape index (κ1) is 22.5. The summed E-state index contributed by atoms with van der Waals surface area (Å²) in [5.74, 6) is -1.31. The van der Waals surface area contributed by atoms with Gasteiger partial charge in [0.25, 0.3) is 5.91 Å². The van der Waals surface area contributed by atoms with Crippen LogP contribution in [0.25, 0.3) is 5.69 Å². The van der Waals surface area contributed by atoms with Gasteiger partial charge in [0.15, 0.2) is 12.4 Å². The van der Waals surface area contributed by atoms with Crippen molar-refractivity contribution < 1.29 is 22.7 Å². The number of rotatable bonds is 8. The molecule has 3 rings (SSSR count). The number of nitrogens with zero attached hydrogens (tertiary/aromatic N) is 4.